The molecule has 2 nitrogen and oxygen atoms in total. The van der Waals surface area contributed by atoms with Crippen molar-refractivity contribution in [3.63, 3.8) is 0 Å². The van der Waals surface area contributed by atoms with Crippen LogP contribution in [0.1, 0.15) is 24.8 Å². The molecular formula is C12H18ClFN2. The van der Waals surface area contributed by atoms with Crippen LogP contribution >= 0.6 is 11.6 Å². The molecule has 4 heteroatoms. The van der Waals surface area contributed by atoms with Gasteiger partial charge in [0.1, 0.15) is 5.82 Å². The smallest absolute Gasteiger partial charge is 0.141 e. The van der Waals surface area contributed by atoms with Crippen molar-refractivity contribution in [3.8, 4) is 0 Å². The van der Waals surface area contributed by atoms with Gasteiger partial charge in [0.2, 0.25) is 0 Å². The lowest BCUT2D eigenvalue weighted by atomic mass is 10.2. The Morgan fingerprint density at radius 3 is 2.81 bits per heavy atom. The summed E-state index contributed by atoms with van der Waals surface area (Å²) in [7, 11) is 2.03. The second-order valence-corrected chi connectivity index (χ2v) is 4.38. The maximum absolute atomic E-state index is 12.9. The van der Waals surface area contributed by atoms with Crippen LogP contribution < -0.4 is 0 Å². The minimum absolute atomic E-state index is 0.270. The van der Waals surface area contributed by atoms with Crippen molar-refractivity contribution >= 4 is 11.6 Å². The second-order valence-electron chi connectivity index (χ2n) is 4.00. The van der Waals surface area contributed by atoms with Crippen molar-refractivity contribution in [3.05, 3.63) is 29.8 Å². The summed E-state index contributed by atoms with van der Waals surface area (Å²) in [6.07, 6.45) is 6.28. The number of hydrogen-bond donors (Lipinski definition) is 0. The van der Waals surface area contributed by atoms with E-state index in [1.54, 1.807) is 6.20 Å². The molecule has 0 fully saturated rings. The van der Waals surface area contributed by atoms with Crippen LogP contribution in [0.25, 0.3) is 0 Å². The summed E-state index contributed by atoms with van der Waals surface area (Å²) in [5, 5.41) is 0. The van der Waals surface area contributed by atoms with Crippen molar-refractivity contribution in [2.75, 3.05) is 19.5 Å². The Kier molecular flexibility index (Phi) is 6.34. The van der Waals surface area contributed by atoms with Crippen LogP contribution in [0.5, 0.6) is 0 Å². The lowest BCUT2D eigenvalue weighted by molar-refractivity contribution is 0.317. The highest BCUT2D eigenvalue weighted by Crippen LogP contribution is 2.05. The summed E-state index contributed by atoms with van der Waals surface area (Å²) in [4.78, 5) is 6.00. The number of hydrogen-bond acceptors (Lipinski definition) is 2. The summed E-state index contributed by atoms with van der Waals surface area (Å²) in [6.45, 7) is 1.75. The molecule has 0 aliphatic carbocycles. The van der Waals surface area contributed by atoms with Crippen LogP contribution in [-0.4, -0.2) is 29.4 Å². The average Bonchev–Trinajstić information content (AvgIpc) is 2.24. The Hall–Kier alpha value is -0.670. The highest BCUT2D eigenvalue weighted by Gasteiger charge is 2.01. The topological polar surface area (TPSA) is 16.1 Å². The molecule has 0 atom stereocenters. The Morgan fingerprint density at radius 2 is 2.12 bits per heavy atom. The molecular weight excluding hydrogens is 227 g/mol. The van der Waals surface area contributed by atoms with Gasteiger partial charge < -0.3 is 4.90 Å². The summed E-state index contributed by atoms with van der Waals surface area (Å²) in [5.41, 5.74) is 0.917. The van der Waals surface area contributed by atoms with E-state index in [9.17, 15) is 4.39 Å². The summed E-state index contributed by atoms with van der Waals surface area (Å²) in [5.74, 6) is 0.463. The summed E-state index contributed by atoms with van der Waals surface area (Å²) < 4.78 is 12.9. The van der Waals surface area contributed by atoms with Gasteiger partial charge in [-0.05, 0) is 38.1 Å². The highest BCUT2D eigenvalue weighted by molar-refractivity contribution is 6.17. The van der Waals surface area contributed by atoms with Gasteiger partial charge in [0.15, 0.2) is 0 Å². The van der Waals surface area contributed by atoms with Crippen molar-refractivity contribution in [2.45, 2.75) is 25.8 Å². The fourth-order valence-electron chi connectivity index (χ4n) is 1.59. The van der Waals surface area contributed by atoms with Gasteiger partial charge in [-0.25, -0.2) is 4.39 Å². The fourth-order valence-corrected chi connectivity index (χ4v) is 1.78. The molecule has 0 unspecified atom stereocenters. The lowest BCUT2D eigenvalue weighted by Crippen LogP contribution is -2.19. The van der Waals surface area contributed by atoms with Crippen LogP contribution in [0.15, 0.2) is 18.5 Å². The molecule has 0 radical (unpaired) electrons. The first-order chi connectivity index (χ1) is 7.72. The monoisotopic (exact) mass is 244 g/mol. The number of alkyl halides is 1. The molecule has 1 aromatic heterocycles. The molecule has 90 valence electrons. The molecule has 0 saturated heterocycles. The molecule has 0 N–H and O–H groups in total. The van der Waals surface area contributed by atoms with Gasteiger partial charge in [-0.3, -0.25) is 4.98 Å². The number of unbranched alkanes of at least 4 members (excludes halogenated alkanes) is 2. The number of aromatic nitrogens is 1. The highest BCUT2D eigenvalue weighted by atomic mass is 35.5. The Morgan fingerprint density at radius 1 is 1.31 bits per heavy atom. The van der Waals surface area contributed by atoms with Crippen LogP contribution in [0, 0.1) is 5.82 Å². The first-order valence-corrected chi connectivity index (χ1v) is 6.10. The van der Waals surface area contributed by atoms with Crippen molar-refractivity contribution in [2.24, 2.45) is 0 Å². The standard InChI is InChI=1S/C12H18ClFN2/c1-16(6-4-2-3-5-13)10-11-7-12(14)9-15-8-11/h7-9H,2-6,10H2,1H3. The van der Waals surface area contributed by atoms with E-state index in [2.05, 4.69) is 9.88 Å². The Balaban J connectivity index is 2.25. The minimum atomic E-state index is -0.270. The van der Waals surface area contributed by atoms with Crippen LogP contribution in [0.3, 0.4) is 0 Å². The SMILES string of the molecule is CN(CCCCCCl)Cc1cncc(F)c1. The van der Waals surface area contributed by atoms with Gasteiger partial charge in [0.05, 0.1) is 6.20 Å². The number of halogens is 2. The van der Waals surface area contributed by atoms with Crippen LogP contribution in [0.4, 0.5) is 4.39 Å². The predicted molar refractivity (Wildman–Crippen MR) is 65.1 cm³/mol. The van der Waals surface area contributed by atoms with Gasteiger partial charge in [0.25, 0.3) is 0 Å². The van der Waals surface area contributed by atoms with E-state index in [0.717, 1.165) is 43.8 Å². The number of rotatable bonds is 7. The number of nitrogens with zero attached hydrogens (tertiary/aromatic N) is 2. The Labute approximate surface area is 101 Å². The van der Waals surface area contributed by atoms with Gasteiger partial charge in [0, 0.05) is 18.6 Å². The first kappa shape index (κ1) is 13.4. The largest absolute Gasteiger partial charge is 0.302 e. The third kappa shape index (κ3) is 5.42. The molecule has 0 aliphatic heterocycles. The van der Waals surface area contributed by atoms with E-state index < -0.39 is 0 Å². The molecule has 0 aromatic carbocycles. The minimum Gasteiger partial charge on any atom is -0.302 e. The molecule has 1 heterocycles. The summed E-state index contributed by atoms with van der Waals surface area (Å²) in [6, 6.07) is 1.53. The molecule has 0 saturated carbocycles. The van der Waals surface area contributed by atoms with Crippen LogP contribution in [0.2, 0.25) is 0 Å². The predicted octanol–water partition coefficient (Wildman–Crippen LogP) is 3.06. The molecule has 0 aliphatic rings. The van der Waals surface area contributed by atoms with Crippen LogP contribution in [-0.2, 0) is 6.54 Å². The first-order valence-electron chi connectivity index (χ1n) is 5.56. The van der Waals surface area contributed by atoms with Gasteiger partial charge >= 0.3 is 0 Å². The molecule has 16 heavy (non-hydrogen) atoms. The van der Waals surface area contributed by atoms with Gasteiger partial charge in [-0.1, -0.05) is 6.42 Å². The normalized spacial score (nSPS) is 11.0. The summed E-state index contributed by atoms with van der Waals surface area (Å²) >= 11 is 5.60. The molecule has 1 aromatic rings. The molecule has 1 rings (SSSR count). The van der Waals surface area contributed by atoms with E-state index in [1.165, 1.54) is 12.3 Å². The van der Waals surface area contributed by atoms with Gasteiger partial charge in [-0.15, -0.1) is 11.6 Å². The zero-order valence-electron chi connectivity index (χ0n) is 9.63. The maximum Gasteiger partial charge on any atom is 0.141 e. The third-order valence-corrected chi connectivity index (χ3v) is 2.65. The zero-order chi connectivity index (χ0) is 11.8. The maximum atomic E-state index is 12.9. The zero-order valence-corrected chi connectivity index (χ0v) is 10.4. The average molecular weight is 245 g/mol. The van der Waals surface area contributed by atoms with Gasteiger partial charge in [-0.2, -0.15) is 0 Å². The quantitative estimate of drug-likeness (QED) is 0.541. The van der Waals surface area contributed by atoms with E-state index >= 15 is 0 Å². The molecule has 0 amide bonds. The molecule has 0 bridgehead atoms. The molecule has 0 spiro atoms. The van der Waals surface area contributed by atoms with Crippen molar-refractivity contribution < 1.29 is 4.39 Å². The van der Waals surface area contributed by atoms with Crippen molar-refractivity contribution in [1.29, 1.82) is 0 Å². The lowest BCUT2D eigenvalue weighted by Gasteiger charge is -2.16. The number of pyridine rings is 1. The Bertz CT molecular complexity index is 307. The van der Waals surface area contributed by atoms with E-state index in [1.807, 2.05) is 7.05 Å². The van der Waals surface area contributed by atoms with E-state index in [-0.39, 0.29) is 5.82 Å². The van der Waals surface area contributed by atoms with E-state index in [4.69, 9.17) is 11.6 Å². The third-order valence-electron chi connectivity index (χ3n) is 2.39. The fraction of sp³-hybridized carbons (Fsp3) is 0.583. The second kappa shape index (κ2) is 7.58. The van der Waals surface area contributed by atoms with E-state index in [0.29, 0.717) is 0 Å². The van der Waals surface area contributed by atoms with Crippen molar-refractivity contribution in [1.82, 2.24) is 9.88 Å².